The van der Waals surface area contributed by atoms with Gasteiger partial charge in [0.15, 0.2) is 0 Å². The summed E-state index contributed by atoms with van der Waals surface area (Å²) < 4.78 is 5.21. The summed E-state index contributed by atoms with van der Waals surface area (Å²) in [5.41, 5.74) is 0. The molecule has 6 heteroatoms. The van der Waals surface area contributed by atoms with Crippen molar-refractivity contribution in [2.24, 2.45) is 5.92 Å². The molecule has 2 rings (SSSR count). The van der Waals surface area contributed by atoms with Crippen LogP contribution in [0.5, 0.6) is 0 Å². The third-order valence-corrected chi connectivity index (χ3v) is 3.37. The van der Waals surface area contributed by atoms with Crippen molar-refractivity contribution < 1.29 is 19.4 Å². The number of aliphatic carboxylic acids is 1. The molecule has 1 atom stereocenters. The van der Waals surface area contributed by atoms with Crippen LogP contribution in [0.3, 0.4) is 0 Å². The maximum absolute atomic E-state index is 11.9. The first-order valence-electron chi connectivity index (χ1n) is 6.03. The van der Waals surface area contributed by atoms with Crippen LogP contribution < -0.4 is 5.32 Å². The fourth-order valence-electron chi connectivity index (χ4n) is 2.25. The molecule has 0 aliphatic carbocycles. The van der Waals surface area contributed by atoms with Crippen molar-refractivity contribution in [2.45, 2.75) is 25.3 Å². The number of rotatable bonds is 2. The molecule has 2 amide bonds. The lowest BCUT2D eigenvalue weighted by atomic mass is 10.1. The van der Waals surface area contributed by atoms with Crippen molar-refractivity contribution in [3.05, 3.63) is 0 Å². The van der Waals surface area contributed by atoms with Gasteiger partial charge in [0.2, 0.25) is 0 Å². The van der Waals surface area contributed by atoms with Crippen molar-refractivity contribution in [1.82, 2.24) is 10.2 Å². The smallest absolute Gasteiger partial charge is 0.317 e. The Labute approximate surface area is 99.9 Å². The van der Waals surface area contributed by atoms with Gasteiger partial charge in [-0.2, -0.15) is 0 Å². The zero-order chi connectivity index (χ0) is 12.3. The van der Waals surface area contributed by atoms with E-state index in [1.165, 1.54) is 0 Å². The molecule has 0 aromatic heterocycles. The Morgan fingerprint density at radius 1 is 1.24 bits per heavy atom. The van der Waals surface area contributed by atoms with Crippen LogP contribution in [-0.4, -0.2) is 54.4 Å². The zero-order valence-corrected chi connectivity index (χ0v) is 9.72. The van der Waals surface area contributed by atoms with Gasteiger partial charge in [0, 0.05) is 32.3 Å². The summed E-state index contributed by atoms with van der Waals surface area (Å²) in [5.74, 6) is -1.22. The fourth-order valence-corrected chi connectivity index (χ4v) is 2.25. The number of carbonyl (C=O) groups is 2. The molecule has 6 nitrogen and oxygen atoms in total. The van der Waals surface area contributed by atoms with Gasteiger partial charge in [0.1, 0.15) is 0 Å². The molecule has 2 heterocycles. The van der Waals surface area contributed by atoms with E-state index in [0.29, 0.717) is 32.7 Å². The highest BCUT2D eigenvalue weighted by atomic mass is 16.5. The van der Waals surface area contributed by atoms with Gasteiger partial charge in [-0.3, -0.25) is 4.79 Å². The number of amides is 2. The number of hydrogen-bond acceptors (Lipinski definition) is 3. The Bertz CT molecular complexity index is 302. The Balaban J connectivity index is 1.78. The van der Waals surface area contributed by atoms with E-state index in [4.69, 9.17) is 9.84 Å². The van der Waals surface area contributed by atoms with Crippen LogP contribution >= 0.6 is 0 Å². The van der Waals surface area contributed by atoms with Gasteiger partial charge in [-0.25, -0.2) is 4.79 Å². The van der Waals surface area contributed by atoms with Crippen LogP contribution in [0.1, 0.15) is 19.3 Å². The molecular formula is C11H18N2O4. The van der Waals surface area contributed by atoms with Gasteiger partial charge in [0.05, 0.1) is 5.92 Å². The first kappa shape index (κ1) is 12.2. The molecule has 0 saturated carbocycles. The topological polar surface area (TPSA) is 78.9 Å². The SMILES string of the molecule is O=C(O)C1CCN(C(=O)NC2CCOCC2)C1. The first-order valence-corrected chi connectivity index (χ1v) is 6.03. The van der Waals surface area contributed by atoms with Crippen LogP contribution in [0.4, 0.5) is 4.79 Å². The summed E-state index contributed by atoms with van der Waals surface area (Å²) in [6.45, 7) is 2.22. The van der Waals surface area contributed by atoms with Crippen molar-refractivity contribution >= 4 is 12.0 Å². The minimum Gasteiger partial charge on any atom is -0.481 e. The second-order valence-corrected chi connectivity index (χ2v) is 4.61. The van der Waals surface area contributed by atoms with Crippen LogP contribution in [0.2, 0.25) is 0 Å². The van der Waals surface area contributed by atoms with Gasteiger partial charge in [-0.1, -0.05) is 0 Å². The lowest BCUT2D eigenvalue weighted by Crippen LogP contribution is -2.46. The number of ether oxygens (including phenoxy) is 1. The van der Waals surface area contributed by atoms with Crippen LogP contribution in [0.25, 0.3) is 0 Å². The summed E-state index contributed by atoms with van der Waals surface area (Å²) in [6.07, 6.45) is 2.22. The zero-order valence-electron chi connectivity index (χ0n) is 9.72. The molecule has 2 saturated heterocycles. The van der Waals surface area contributed by atoms with Gasteiger partial charge >= 0.3 is 12.0 Å². The number of carbonyl (C=O) groups excluding carboxylic acids is 1. The van der Waals surface area contributed by atoms with Crippen LogP contribution in [0.15, 0.2) is 0 Å². The normalized spacial score (nSPS) is 25.9. The average molecular weight is 242 g/mol. The molecule has 2 fully saturated rings. The average Bonchev–Trinajstić information content (AvgIpc) is 2.79. The van der Waals surface area contributed by atoms with Gasteiger partial charge < -0.3 is 20.1 Å². The van der Waals surface area contributed by atoms with Crippen LogP contribution in [-0.2, 0) is 9.53 Å². The van der Waals surface area contributed by atoms with E-state index in [9.17, 15) is 9.59 Å². The summed E-state index contributed by atoms with van der Waals surface area (Å²) in [5, 5.41) is 11.8. The highest BCUT2D eigenvalue weighted by Crippen LogP contribution is 2.17. The van der Waals surface area contributed by atoms with Crippen molar-refractivity contribution in [3.8, 4) is 0 Å². The fraction of sp³-hybridized carbons (Fsp3) is 0.818. The molecule has 0 bridgehead atoms. The minimum absolute atomic E-state index is 0.138. The Morgan fingerprint density at radius 3 is 2.53 bits per heavy atom. The lowest BCUT2D eigenvalue weighted by Gasteiger charge is -2.26. The third kappa shape index (κ3) is 3.09. The van der Waals surface area contributed by atoms with Crippen molar-refractivity contribution in [1.29, 1.82) is 0 Å². The Kier molecular flexibility index (Phi) is 3.83. The number of carboxylic acid groups (broad SMARTS) is 1. The third-order valence-electron chi connectivity index (χ3n) is 3.37. The summed E-state index contributed by atoms with van der Waals surface area (Å²) in [4.78, 5) is 24.2. The number of hydrogen-bond donors (Lipinski definition) is 2. The molecule has 96 valence electrons. The largest absolute Gasteiger partial charge is 0.481 e. The van der Waals surface area contributed by atoms with Crippen molar-refractivity contribution in [3.63, 3.8) is 0 Å². The molecule has 0 aromatic rings. The van der Waals surface area contributed by atoms with E-state index >= 15 is 0 Å². The highest BCUT2D eigenvalue weighted by Gasteiger charge is 2.31. The van der Waals surface area contributed by atoms with E-state index < -0.39 is 11.9 Å². The van der Waals surface area contributed by atoms with Crippen molar-refractivity contribution in [2.75, 3.05) is 26.3 Å². The highest BCUT2D eigenvalue weighted by molar-refractivity contribution is 5.77. The molecule has 1 unspecified atom stereocenters. The summed E-state index contributed by atoms with van der Waals surface area (Å²) in [6, 6.07) is 0.0285. The second-order valence-electron chi connectivity index (χ2n) is 4.61. The number of urea groups is 1. The van der Waals surface area contributed by atoms with E-state index in [0.717, 1.165) is 12.8 Å². The maximum Gasteiger partial charge on any atom is 0.317 e. The molecular weight excluding hydrogens is 224 g/mol. The number of nitrogens with one attached hydrogen (secondary N) is 1. The maximum atomic E-state index is 11.9. The predicted molar refractivity (Wildman–Crippen MR) is 59.7 cm³/mol. The molecule has 0 spiro atoms. The lowest BCUT2D eigenvalue weighted by molar-refractivity contribution is -0.141. The number of likely N-dealkylation sites (tertiary alicyclic amines) is 1. The number of carboxylic acids is 1. The quantitative estimate of drug-likeness (QED) is 0.729. The van der Waals surface area contributed by atoms with Gasteiger partial charge in [-0.15, -0.1) is 0 Å². The molecule has 0 aromatic carbocycles. The second kappa shape index (κ2) is 5.35. The first-order chi connectivity index (χ1) is 8.16. The number of nitrogens with zero attached hydrogens (tertiary/aromatic N) is 1. The summed E-state index contributed by atoms with van der Waals surface area (Å²) >= 11 is 0. The minimum atomic E-state index is -0.814. The molecule has 0 radical (unpaired) electrons. The Morgan fingerprint density at radius 2 is 1.94 bits per heavy atom. The predicted octanol–water partition coefficient (Wildman–Crippen LogP) is 0.281. The molecule has 2 aliphatic heterocycles. The molecule has 2 N–H and O–H groups in total. The van der Waals surface area contributed by atoms with Gasteiger partial charge in [-0.05, 0) is 19.3 Å². The monoisotopic (exact) mass is 242 g/mol. The molecule has 2 aliphatic rings. The van der Waals surface area contributed by atoms with Crippen LogP contribution in [0, 0.1) is 5.92 Å². The molecule has 17 heavy (non-hydrogen) atoms. The van der Waals surface area contributed by atoms with E-state index in [1.807, 2.05) is 0 Å². The van der Waals surface area contributed by atoms with Gasteiger partial charge in [0.25, 0.3) is 0 Å². The van der Waals surface area contributed by atoms with E-state index in [2.05, 4.69) is 5.32 Å². The van der Waals surface area contributed by atoms with E-state index in [1.54, 1.807) is 4.90 Å². The Hall–Kier alpha value is -1.30. The van der Waals surface area contributed by atoms with E-state index in [-0.39, 0.29) is 12.1 Å². The standard InChI is InChI=1S/C11H18N2O4/c14-10(15)8-1-4-13(7-8)11(16)12-9-2-5-17-6-3-9/h8-9H,1-7H2,(H,12,16)(H,14,15). The summed E-state index contributed by atoms with van der Waals surface area (Å²) in [7, 11) is 0.